The van der Waals surface area contributed by atoms with Gasteiger partial charge in [-0.05, 0) is 71.6 Å². The van der Waals surface area contributed by atoms with Crippen molar-refractivity contribution in [1.29, 1.82) is 0 Å². The van der Waals surface area contributed by atoms with Crippen molar-refractivity contribution in [3.63, 3.8) is 0 Å². The van der Waals surface area contributed by atoms with E-state index in [2.05, 4.69) is 5.16 Å². The van der Waals surface area contributed by atoms with Gasteiger partial charge in [0.2, 0.25) is 15.9 Å². The SMILES string of the molecule is Cc1ccc(C)c(N(C(=O)C2CCCN(S(=O)(=O)c3c(C)noc3C)C2)C(C)C)c1. The van der Waals surface area contributed by atoms with Gasteiger partial charge in [-0.1, -0.05) is 17.3 Å². The first kappa shape index (κ1) is 22.5. The van der Waals surface area contributed by atoms with Gasteiger partial charge in [-0.15, -0.1) is 0 Å². The number of anilines is 1. The smallest absolute Gasteiger partial charge is 0.248 e. The molecule has 3 rings (SSSR count). The zero-order valence-electron chi connectivity index (χ0n) is 18.6. The fourth-order valence-corrected chi connectivity index (χ4v) is 5.98. The third-order valence-corrected chi connectivity index (χ3v) is 7.79. The summed E-state index contributed by atoms with van der Waals surface area (Å²) in [4.78, 5) is 15.5. The Morgan fingerprint density at radius 1 is 1.23 bits per heavy atom. The van der Waals surface area contributed by atoms with Gasteiger partial charge >= 0.3 is 0 Å². The van der Waals surface area contributed by atoms with Gasteiger partial charge in [0.25, 0.3) is 0 Å². The van der Waals surface area contributed by atoms with Gasteiger partial charge in [0.05, 0.1) is 5.92 Å². The number of nitrogens with zero attached hydrogens (tertiary/aromatic N) is 3. The van der Waals surface area contributed by atoms with E-state index in [0.717, 1.165) is 16.8 Å². The van der Waals surface area contributed by atoms with Crippen molar-refractivity contribution in [2.45, 2.75) is 65.3 Å². The van der Waals surface area contributed by atoms with Gasteiger partial charge in [0.15, 0.2) is 5.76 Å². The lowest BCUT2D eigenvalue weighted by molar-refractivity contribution is -0.123. The average Bonchev–Trinajstić information content (AvgIpc) is 3.03. The molecule has 1 aromatic carbocycles. The van der Waals surface area contributed by atoms with E-state index in [-0.39, 0.29) is 29.1 Å². The van der Waals surface area contributed by atoms with Crippen molar-refractivity contribution >= 4 is 21.6 Å². The molecular weight excluding hydrogens is 402 g/mol. The van der Waals surface area contributed by atoms with E-state index < -0.39 is 15.9 Å². The number of hydrogen-bond donors (Lipinski definition) is 0. The normalized spacial score (nSPS) is 18.0. The summed E-state index contributed by atoms with van der Waals surface area (Å²) in [6.07, 6.45) is 1.30. The molecule has 1 aromatic heterocycles. The third-order valence-electron chi connectivity index (χ3n) is 5.68. The first-order valence-electron chi connectivity index (χ1n) is 10.4. The largest absolute Gasteiger partial charge is 0.360 e. The van der Waals surface area contributed by atoms with Crippen LogP contribution in [-0.2, 0) is 14.8 Å². The van der Waals surface area contributed by atoms with Crippen molar-refractivity contribution in [1.82, 2.24) is 9.46 Å². The molecule has 1 saturated heterocycles. The van der Waals surface area contributed by atoms with Crippen LogP contribution >= 0.6 is 0 Å². The summed E-state index contributed by atoms with van der Waals surface area (Å²) < 4.78 is 32.9. The molecule has 1 unspecified atom stereocenters. The quantitative estimate of drug-likeness (QED) is 0.717. The molecule has 7 nitrogen and oxygen atoms in total. The molecule has 8 heteroatoms. The Hall–Kier alpha value is -2.19. The Labute approximate surface area is 179 Å². The number of aromatic nitrogens is 1. The predicted octanol–water partition coefficient (Wildman–Crippen LogP) is 3.75. The lowest BCUT2D eigenvalue weighted by Crippen LogP contribution is -2.49. The molecule has 0 spiro atoms. The number of rotatable bonds is 5. The van der Waals surface area contributed by atoms with Crippen molar-refractivity contribution in [2.24, 2.45) is 5.92 Å². The second-order valence-electron chi connectivity index (χ2n) is 8.45. The van der Waals surface area contributed by atoms with Crippen LogP contribution in [0.1, 0.15) is 49.3 Å². The van der Waals surface area contributed by atoms with Gasteiger partial charge in [-0.2, -0.15) is 4.31 Å². The maximum absolute atomic E-state index is 13.6. The van der Waals surface area contributed by atoms with Gasteiger partial charge < -0.3 is 9.42 Å². The van der Waals surface area contributed by atoms with Crippen molar-refractivity contribution in [3.8, 4) is 0 Å². The Bertz CT molecular complexity index is 1020. The molecule has 2 heterocycles. The van der Waals surface area contributed by atoms with Crippen LogP contribution in [0.25, 0.3) is 0 Å². The van der Waals surface area contributed by atoms with Crippen LogP contribution in [0.4, 0.5) is 5.69 Å². The molecule has 1 amide bonds. The zero-order valence-corrected chi connectivity index (χ0v) is 19.4. The Morgan fingerprint density at radius 2 is 1.93 bits per heavy atom. The minimum absolute atomic E-state index is 0.0302. The fraction of sp³-hybridized carbons (Fsp3) is 0.545. The molecule has 30 heavy (non-hydrogen) atoms. The summed E-state index contributed by atoms with van der Waals surface area (Å²) in [5, 5.41) is 3.78. The van der Waals surface area contributed by atoms with Gasteiger partial charge in [0.1, 0.15) is 10.6 Å². The minimum atomic E-state index is -3.77. The number of carbonyl (C=O) groups is 1. The second kappa shape index (κ2) is 8.51. The van der Waals surface area contributed by atoms with E-state index in [9.17, 15) is 13.2 Å². The van der Waals surface area contributed by atoms with E-state index >= 15 is 0 Å². The van der Waals surface area contributed by atoms with Crippen LogP contribution in [0.5, 0.6) is 0 Å². The third kappa shape index (κ3) is 4.16. The highest BCUT2D eigenvalue weighted by molar-refractivity contribution is 7.89. The van der Waals surface area contributed by atoms with Crippen LogP contribution in [0.2, 0.25) is 0 Å². The highest BCUT2D eigenvalue weighted by Gasteiger charge is 2.38. The lowest BCUT2D eigenvalue weighted by atomic mass is 9.96. The summed E-state index contributed by atoms with van der Waals surface area (Å²) in [5.41, 5.74) is 3.35. The maximum Gasteiger partial charge on any atom is 0.248 e. The predicted molar refractivity (Wildman–Crippen MR) is 116 cm³/mol. The Balaban J connectivity index is 1.90. The number of aryl methyl sites for hydroxylation is 4. The highest BCUT2D eigenvalue weighted by atomic mass is 32.2. The molecule has 1 fully saturated rings. The number of hydrogen-bond acceptors (Lipinski definition) is 5. The summed E-state index contributed by atoms with van der Waals surface area (Å²) in [6, 6.07) is 6.03. The molecule has 0 bridgehead atoms. The number of carbonyl (C=O) groups excluding carboxylic acids is 1. The molecule has 1 atom stereocenters. The Morgan fingerprint density at radius 3 is 2.53 bits per heavy atom. The Kier molecular flexibility index (Phi) is 6.38. The molecule has 0 aliphatic carbocycles. The van der Waals surface area contributed by atoms with Crippen molar-refractivity contribution in [2.75, 3.05) is 18.0 Å². The van der Waals surface area contributed by atoms with E-state index in [1.54, 1.807) is 13.8 Å². The molecule has 2 aromatic rings. The van der Waals surface area contributed by atoms with E-state index in [4.69, 9.17) is 4.52 Å². The second-order valence-corrected chi connectivity index (χ2v) is 10.3. The van der Waals surface area contributed by atoms with Gasteiger partial charge in [-0.3, -0.25) is 4.79 Å². The fourth-order valence-electron chi connectivity index (χ4n) is 4.16. The topological polar surface area (TPSA) is 83.7 Å². The van der Waals surface area contributed by atoms with Crippen LogP contribution in [-0.4, -0.2) is 42.9 Å². The van der Waals surface area contributed by atoms with Crippen molar-refractivity contribution in [3.05, 3.63) is 40.8 Å². The van der Waals surface area contributed by atoms with Crippen molar-refractivity contribution < 1.29 is 17.7 Å². The molecule has 1 aliphatic rings. The summed E-state index contributed by atoms with van der Waals surface area (Å²) in [6.45, 7) is 11.7. The molecule has 1 aliphatic heterocycles. The number of piperidine rings is 1. The molecule has 0 N–H and O–H groups in total. The number of benzene rings is 1. The first-order valence-corrected chi connectivity index (χ1v) is 11.8. The zero-order chi connectivity index (χ0) is 22.2. The molecule has 0 radical (unpaired) electrons. The van der Waals surface area contributed by atoms with E-state index in [0.29, 0.717) is 25.1 Å². The maximum atomic E-state index is 13.6. The van der Waals surface area contributed by atoms with Gasteiger partial charge in [0, 0.05) is 24.8 Å². The van der Waals surface area contributed by atoms with E-state index in [1.807, 2.05) is 50.8 Å². The number of sulfonamides is 1. The summed E-state index contributed by atoms with van der Waals surface area (Å²) in [7, 11) is -3.77. The van der Waals surface area contributed by atoms with E-state index in [1.165, 1.54) is 4.31 Å². The summed E-state index contributed by atoms with van der Waals surface area (Å²) in [5.74, 6) is -0.145. The molecule has 164 valence electrons. The van der Waals surface area contributed by atoms with Crippen LogP contribution in [0.15, 0.2) is 27.6 Å². The first-order chi connectivity index (χ1) is 14.0. The monoisotopic (exact) mass is 433 g/mol. The highest BCUT2D eigenvalue weighted by Crippen LogP contribution is 2.31. The standard InChI is InChI=1S/C22H31N3O4S/c1-14(2)25(20-12-15(3)9-10-16(20)4)22(26)19-8-7-11-24(13-19)30(27,28)21-17(5)23-29-18(21)6/h9-10,12,14,19H,7-8,11,13H2,1-6H3. The average molecular weight is 434 g/mol. The molecule has 0 saturated carbocycles. The molecular formula is C22H31N3O4S. The minimum Gasteiger partial charge on any atom is -0.360 e. The van der Waals surface area contributed by atoms with Gasteiger partial charge in [-0.25, -0.2) is 8.42 Å². The lowest BCUT2D eigenvalue weighted by Gasteiger charge is -2.36. The summed E-state index contributed by atoms with van der Waals surface area (Å²) >= 11 is 0. The van der Waals surface area contributed by atoms with Crippen LogP contribution < -0.4 is 4.90 Å². The van der Waals surface area contributed by atoms with Crippen LogP contribution in [0, 0.1) is 33.6 Å². The number of amides is 1. The van der Waals surface area contributed by atoms with Crippen LogP contribution in [0.3, 0.4) is 0 Å².